The zero-order valence-electron chi connectivity index (χ0n) is 16.0. The summed E-state index contributed by atoms with van der Waals surface area (Å²) in [5.74, 6) is -2.92. The molecule has 0 aliphatic heterocycles. The Labute approximate surface area is 173 Å². The van der Waals surface area contributed by atoms with Gasteiger partial charge in [-0.25, -0.2) is 14.6 Å². The molecule has 0 aromatic carbocycles. The van der Waals surface area contributed by atoms with E-state index in [1.165, 1.54) is 6.26 Å². The van der Waals surface area contributed by atoms with E-state index in [9.17, 15) is 22.8 Å². The molecule has 2 aromatic heterocycles. The maximum absolute atomic E-state index is 12.8. The van der Waals surface area contributed by atoms with E-state index >= 15 is 0 Å². The smallest absolute Gasteiger partial charge is 0.433 e. The van der Waals surface area contributed by atoms with Crippen molar-refractivity contribution < 1.29 is 42.2 Å². The van der Waals surface area contributed by atoms with Gasteiger partial charge in [-0.1, -0.05) is 5.16 Å². The maximum atomic E-state index is 12.8. The molecule has 0 aliphatic rings. The van der Waals surface area contributed by atoms with Crippen LogP contribution < -0.4 is 10.5 Å². The highest BCUT2D eigenvalue weighted by molar-refractivity contribution is 5.89. The Kier molecular flexibility index (Phi) is 9.17. The molecular weight excluding hydrogens is 425 g/mol. The maximum Gasteiger partial charge on any atom is 0.433 e. The molecule has 0 bridgehead atoms. The van der Waals surface area contributed by atoms with Gasteiger partial charge in [-0.3, -0.25) is 0 Å². The van der Waals surface area contributed by atoms with Gasteiger partial charge in [-0.05, 0) is 25.6 Å². The summed E-state index contributed by atoms with van der Waals surface area (Å²) in [5, 5.41) is 28.4. The van der Waals surface area contributed by atoms with Crippen LogP contribution in [0.2, 0.25) is 0 Å². The summed E-state index contributed by atoms with van der Waals surface area (Å²) in [5.41, 5.74) is 5.33. The molecule has 2 aromatic rings. The molecule has 0 saturated heterocycles. The summed E-state index contributed by atoms with van der Waals surface area (Å²) < 4.78 is 48.7. The molecule has 2 heterocycles. The minimum Gasteiger partial charge on any atom is -0.478 e. The molecule has 0 fully saturated rings. The first-order chi connectivity index (χ1) is 14.5. The Morgan fingerprint density at radius 2 is 1.94 bits per heavy atom. The van der Waals surface area contributed by atoms with Crippen LogP contribution in [0.25, 0.3) is 0 Å². The van der Waals surface area contributed by atoms with Crippen molar-refractivity contribution in [2.24, 2.45) is 5.73 Å². The number of pyridine rings is 1. The molecule has 1 unspecified atom stereocenters. The number of nitrogens with zero attached hydrogens (tertiary/aromatic N) is 3. The molecule has 0 radical (unpaired) electrons. The summed E-state index contributed by atoms with van der Waals surface area (Å²) in [6, 6.07) is 3.51. The van der Waals surface area contributed by atoms with Crippen molar-refractivity contribution >= 4 is 11.9 Å². The summed E-state index contributed by atoms with van der Waals surface area (Å²) in [4.78, 5) is 22.5. The van der Waals surface area contributed by atoms with Gasteiger partial charge in [0.1, 0.15) is 29.7 Å². The van der Waals surface area contributed by atoms with Crippen LogP contribution in [0.15, 0.2) is 35.1 Å². The van der Waals surface area contributed by atoms with E-state index in [-0.39, 0.29) is 12.1 Å². The number of carboxylic acids is 2. The van der Waals surface area contributed by atoms with Gasteiger partial charge in [0.15, 0.2) is 0 Å². The van der Waals surface area contributed by atoms with Gasteiger partial charge >= 0.3 is 18.1 Å². The lowest BCUT2D eigenvalue weighted by molar-refractivity contribution is -0.141. The zero-order valence-corrected chi connectivity index (χ0v) is 16.0. The van der Waals surface area contributed by atoms with Crippen LogP contribution in [0.3, 0.4) is 0 Å². The Morgan fingerprint density at radius 3 is 2.35 bits per heavy atom. The number of rotatable bonds is 7. The number of aryl methyl sites for hydroxylation is 1. The van der Waals surface area contributed by atoms with Gasteiger partial charge < -0.3 is 25.2 Å². The summed E-state index contributed by atoms with van der Waals surface area (Å²) in [7, 11) is 0. The van der Waals surface area contributed by atoms with Gasteiger partial charge in [0.05, 0.1) is 11.3 Å². The van der Waals surface area contributed by atoms with E-state index in [4.69, 9.17) is 30.5 Å². The van der Waals surface area contributed by atoms with Crippen molar-refractivity contribution in [3.63, 3.8) is 0 Å². The predicted octanol–water partition coefficient (Wildman–Crippen LogP) is 2.45. The lowest BCUT2D eigenvalue weighted by Crippen LogP contribution is -2.16. The van der Waals surface area contributed by atoms with E-state index in [0.29, 0.717) is 29.8 Å². The third-order valence-corrected chi connectivity index (χ3v) is 3.46. The number of carbonyl (C=O) groups is 2. The molecule has 0 saturated carbocycles. The van der Waals surface area contributed by atoms with Crippen LogP contribution in [0.5, 0.6) is 5.88 Å². The number of nitriles is 1. The van der Waals surface area contributed by atoms with Gasteiger partial charge in [-0.2, -0.15) is 18.4 Å². The fourth-order valence-electron chi connectivity index (χ4n) is 2.09. The second kappa shape index (κ2) is 11.3. The molecule has 31 heavy (non-hydrogen) atoms. The van der Waals surface area contributed by atoms with Crippen molar-refractivity contribution in [3.05, 3.63) is 53.1 Å². The first-order valence-corrected chi connectivity index (χ1v) is 8.39. The topological polar surface area (TPSA) is 173 Å². The number of alkyl halides is 3. The van der Waals surface area contributed by atoms with Gasteiger partial charge in [0.25, 0.3) is 0 Å². The van der Waals surface area contributed by atoms with Gasteiger partial charge in [0, 0.05) is 18.6 Å². The van der Waals surface area contributed by atoms with E-state index in [2.05, 4.69) is 10.1 Å². The molecule has 0 spiro atoms. The molecule has 0 aliphatic carbocycles. The van der Waals surface area contributed by atoms with E-state index < -0.39 is 35.8 Å². The number of aromatic nitrogens is 2. The Hall–Kier alpha value is -3.92. The third-order valence-electron chi connectivity index (χ3n) is 3.46. The van der Waals surface area contributed by atoms with Gasteiger partial charge in [0.2, 0.25) is 5.88 Å². The third kappa shape index (κ3) is 8.15. The summed E-state index contributed by atoms with van der Waals surface area (Å²) in [6.07, 6.45) is -2.61. The first kappa shape index (κ1) is 25.1. The number of ether oxygens (including phenoxy) is 1. The lowest BCUT2D eigenvalue weighted by Gasteiger charge is -2.18. The molecule has 4 N–H and O–H groups in total. The Balaban J connectivity index is 0.000000512. The first-order valence-electron chi connectivity index (χ1n) is 8.39. The minimum atomic E-state index is -4.64. The number of hydrogen-bond acceptors (Lipinski definition) is 8. The molecule has 2 rings (SSSR count). The second-order valence-corrected chi connectivity index (χ2v) is 5.71. The van der Waals surface area contributed by atoms with Crippen LogP contribution >= 0.6 is 0 Å². The molecule has 1 atom stereocenters. The van der Waals surface area contributed by atoms with Crippen LogP contribution in [0.1, 0.15) is 35.0 Å². The number of carboxylic acid groups (broad SMARTS) is 2. The summed E-state index contributed by atoms with van der Waals surface area (Å²) >= 11 is 0. The van der Waals surface area contributed by atoms with E-state index in [1.54, 1.807) is 13.0 Å². The number of halogens is 3. The highest BCUT2D eigenvalue weighted by Crippen LogP contribution is 2.32. The molecular formula is C18H17F3N4O6. The zero-order chi connectivity index (χ0) is 23.6. The fourth-order valence-corrected chi connectivity index (χ4v) is 2.09. The average Bonchev–Trinajstić information content (AvgIpc) is 3.11. The molecule has 0 amide bonds. The highest BCUT2D eigenvalue weighted by atomic mass is 19.4. The van der Waals surface area contributed by atoms with Gasteiger partial charge in [-0.15, -0.1) is 0 Å². The number of aliphatic carboxylic acids is 2. The minimum absolute atomic E-state index is 0.103. The Bertz CT molecular complexity index is 965. The van der Waals surface area contributed by atoms with Crippen LogP contribution in [0, 0.1) is 18.3 Å². The normalized spacial score (nSPS) is 11.9. The highest BCUT2D eigenvalue weighted by Gasteiger charge is 2.34. The molecule has 13 heteroatoms. The standard InChI is InChI=1S/C14H13F3N4O2.C4H4O4/c1-8-10(7-22-21-8)11(4-5-18)23-13-9(6-19)2-3-12(20-13)14(15,16)17;5-3(6)1-2-4(7)8/h2-3,7,11H,4-5,18H2,1H3;1-2H,(H,5,6)(H,7,8)/b;2-1+. The number of hydrogen-bond donors (Lipinski definition) is 3. The average molecular weight is 442 g/mol. The van der Waals surface area contributed by atoms with E-state index in [0.717, 1.165) is 12.1 Å². The van der Waals surface area contributed by atoms with Crippen molar-refractivity contribution in [1.82, 2.24) is 10.1 Å². The predicted molar refractivity (Wildman–Crippen MR) is 96.6 cm³/mol. The quantitative estimate of drug-likeness (QED) is 0.541. The van der Waals surface area contributed by atoms with Crippen LogP contribution in [-0.4, -0.2) is 38.8 Å². The molecule has 166 valence electrons. The van der Waals surface area contributed by atoms with E-state index in [1.807, 2.05) is 0 Å². The fraction of sp³-hybridized carbons (Fsp3) is 0.278. The van der Waals surface area contributed by atoms with Crippen LogP contribution in [-0.2, 0) is 15.8 Å². The molecule has 10 nitrogen and oxygen atoms in total. The lowest BCUT2D eigenvalue weighted by atomic mass is 10.1. The Morgan fingerprint density at radius 1 is 1.32 bits per heavy atom. The monoisotopic (exact) mass is 442 g/mol. The van der Waals surface area contributed by atoms with Crippen molar-refractivity contribution in [1.29, 1.82) is 5.26 Å². The van der Waals surface area contributed by atoms with Crippen molar-refractivity contribution in [2.45, 2.75) is 25.6 Å². The summed E-state index contributed by atoms with van der Waals surface area (Å²) in [6.45, 7) is 1.88. The SMILES string of the molecule is Cc1nocc1C(CCN)Oc1nc(C(F)(F)F)ccc1C#N.O=C(O)/C=C/C(=O)O. The second-order valence-electron chi connectivity index (χ2n) is 5.71. The van der Waals surface area contributed by atoms with Crippen LogP contribution in [0.4, 0.5) is 13.2 Å². The van der Waals surface area contributed by atoms with Crippen molar-refractivity contribution in [2.75, 3.05) is 6.54 Å². The number of nitrogens with two attached hydrogens (primary N) is 1. The van der Waals surface area contributed by atoms with Crippen molar-refractivity contribution in [3.8, 4) is 11.9 Å². The largest absolute Gasteiger partial charge is 0.478 e.